The zero-order valence-corrected chi connectivity index (χ0v) is 18.1. The molecule has 0 spiro atoms. The Morgan fingerprint density at radius 1 is 1.07 bits per heavy atom. The van der Waals surface area contributed by atoms with E-state index < -0.39 is 12.1 Å². The zero-order chi connectivity index (χ0) is 20.8. The Morgan fingerprint density at radius 2 is 1.68 bits per heavy atom. The van der Waals surface area contributed by atoms with Crippen LogP contribution in [-0.4, -0.2) is 39.9 Å². The fraction of sp³-hybridized carbons (Fsp3) is 0.476. The average molecular weight is 405 g/mol. The number of carbonyl (C=O) groups is 2. The van der Waals surface area contributed by atoms with E-state index in [1.54, 1.807) is 47.4 Å². The van der Waals surface area contributed by atoms with E-state index in [1.165, 1.54) is 0 Å². The summed E-state index contributed by atoms with van der Waals surface area (Å²) in [6.45, 7) is 11.7. The van der Waals surface area contributed by atoms with Crippen LogP contribution in [0.25, 0.3) is 0 Å². The molecule has 0 bridgehead atoms. The van der Waals surface area contributed by atoms with Gasteiger partial charge in [0.15, 0.2) is 6.10 Å². The molecule has 152 valence electrons. The van der Waals surface area contributed by atoms with Crippen LogP contribution in [0.5, 0.6) is 5.75 Å². The topological polar surface area (TPSA) is 68.7 Å². The normalized spacial score (nSPS) is 12.1. The SMILES string of the molecule is Cc1nc(COc2ccc(C(=O)O[C@H](C)C(=O)N(C(C)C)C(C)C)cc2)cs1. The van der Waals surface area contributed by atoms with Crippen molar-refractivity contribution >= 4 is 23.2 Å². The number of hydrogen-bond donors (Lipinski definition) is 0. The van der Waals surface area contributed by atoms with Gasteiger partial charge in [0.2, 0.25) is 0 Å². The number of aromatic nitrogens is 1. The molecule has 2 aromatic rings. The van der Waals surface area contributed by atoms with Crippen LogP contribution >= 0.6 is 11.3 Å². The summed E-state index contributed by atoms with van der Waals surface area (Å²) in [5.41, 5.74) is 1.25. The fourth-order valence-electron chi connectivity index (χ4n) is 2.91. The molecular weight excluding hydrogens is 376 g/mol. The van der Waals surface area contributed by atoms with Gasteiger partial charge in [-0.05, 0) is 65.8 Å². The molecule has 0 saturated heterocycles. The number of thiazole rings is 1. The Balaban J connectivity index is 1.93. The molecule has 1 aromatic carbocycles. The molecule has 1 amide bonds. The van der Waals surface area contributed by atoms with Crippen LogP contribution in [-0.2, 0) is 16.1 Å². The van der Waals surface area contributed by atoms with Gasteiger partial charge >= 0.3 is 5.97 Å². The largest absolute Gasteiger partial charge is 0.487 e. The van der Waals surface area contributed by atoms with Crippen molar-refractivity contribution in [1.82, 2.24) is 9.88 Å². The third kappa shape index (κ3) is 5.79. The van der Waals surface area contributed by atoms with Crippen LogP contribution < -0.4 is 4.74 Å². The second kappa shape index (κ2) is 9.68. The molecule has 2 rings (SSSR count). The van der Waals surface area contributed by atoms with Crippen molar-refractivity contribution in [2.24, 2.45) is 0 Å². The van der Waals surface area contributed by atoms with Gasteiger partial charge in [-0.1, -0.05) is 0 Å². The molecule has 0 aliphatic carbocycles. The van der Waals surface area contributed by atoms with Gasteiger partial charge in [0, 0.05) is 17.5 Å². The van der Waals surface area contributed by atoms with E-state index in [4.69, 9.17) is 9.47 Å². The van der Waals surface area contributed by atoms with Crippen LogP contribution in [0.1, 0.15) is 55.7 Å². The van der Waals surface area contributed by atoms with E-state index in [2.05, 4.69) is 4.98 Å². The van der Waals surface area contributed by atoms with Gasteiger partial charge in [0.05, 0.1) is 16.3 Å². The Hall–Kier alpha value is -2.41. The number of ether oxygens (including phenoxy) is 2. The smallest absolute Gasteiger partial charge is 0.338 e. The Kier molecular flexibility index (Phi) is 7.57. The van der Waals surface area contributed by atoms with Crippen LogP contribution in [0.3, 0.4) is 0 Å². The second-order valence-electron chi connectivity index (χ2n) is 7.15. The lowest BCUT2D eigenvalue weighted by molar-refractivity contribution is -0.143. The molecule has 1 atom stereocenters. The van der Waals surface area contributed by atoms with Gasteiger partial charge in [0.1, 0.15) is 12.4 Å². The number of amides is 1. The maximum atomic E-state index is 12.6. The maximum absolute atomic E-state index is 12.6. The molecule has 0 aliphatic rings. The summed E-state index contributed by atoms with van der Waals surface area (Å²) in [6.07, 6.45) is -0.846. The van der Waals surface area contributed by atoms with Crippen molar-refractivity contribution in [2.75, 3.05) is 0 Å². The van der Waals surface area contributed by atoms with E-state index in [-0.39, 0.29) is 18.0 Å². The van der Waals surface area contributed by atoms with E-state index >= 15 is 0 Å². The van der Waals surface area contributed by atoms with E-state index in [0.717, 1.165) is 10.7 Å². The predicted octanol–water partition coefficient (Wildman–Crippen LogP) is 4.22. The molecule has 1 heterocycles. The summed E-state index contributed by atoms with van der Waals surface area (Å²) in [6, 6.07) is 6.74. The molecule has 0 radical (unpaired) electrons. The van der Waals surface area contributed by atoms with Gasteiger partial charge < -0.3 is 14.4 Å². The minimum Gasteiger partial charge on any atom is -0.487 e. The number of esters is 1. The van der Waals surface area contributed by atoms with Crippen molar-refractivity contribution < 1.29 is 19.1 Å². The maximum Gasteiger partial charge on any atom is 0.338 e. The summed E-state index contributed by atoms with van der Waals surface area (Å²) in [5, 5.41) is 2.95. The number of rotatable bonds is 8. The number of carbonyl (C=O) groups excluding carboxylic acids is 2. The molecule has 0 unspecified atom stereocenters. The summed E-state index contributed by atoms with van der Waals surface area (Å²) in [7, 11) is 0. The average Bonchev–Trinajstić information content (AvgIpc) is 3.05. The third-order valence-corrected chi connectivity index (χ3v) is 4.96. The van der Waals surface area contributed by atoms with E-state index in [1.807, 2.05) is 40.0 Å². The second-order valence-corrected chi connectivity index (χ2v) is 8.21. The fourth-order valence-corrected chi connectivity index (χ4v) is 3.51. The van der Waals surface area contributed by atoms with E-state index in [0.29, 0.717) is 17.9 Å². The van der Waals surface area contributed by atoms with Gasteiger partial charge in [-0.2, -0.15) is 0 Å². The molecule has 0 aliphatic heterocycles. The highest BCUT2D eigenvalue weighted by Gasteiger charge is 2.27. The Morgan fingerprint density at radius 3 is 2.18 bits per heavy atom. The van der Waals surface area contributed by atoms with Crippen molar-refractivity contribution in [3.05, 3.63) is 45.9 Å². The highest BCUT2D eigenvalue weighted by molar-refractivity contribution is 7.09. The number of aryl methyl sites for hydroxylation is 1. The summed E-state index contributed by atoms with van der Waals surface area (Å²) in [5.74, 6) is -0.0935. The van der Waals surface area contributed by atoms with Crippen molar-refractivity contribution in [3.63, 3.8) is 0 Å². The molecule has 6 nitrogen and oxygen atoms in total. The highest BCUT2D eigenvalue weighted by Crippen LogP contribution is 2.17. The summed E-state index contributed by atoms with van der Waals surface area (Å²) < 4.78 is 11.0. The lowest BCUT2D eigenvalue weighted by Gasteiger charge is -2.32. The Bertz CT molecular complexity index is 791. The standard InChI is InChI=1S/C21H28N2O4S/c1-13(2)23(14(3)4)20(24)15(5)27-21(25)17-7-9-19(10-8-17)26-11-18-12-28-16(6)22-18/h7-10,12-15H,11H2,1-6H3/t15-/m1/s1. The van der Waals surface area contributed by atoms with E-state index in [9.17, 15) is 9.59 Å². The quantitative estimate of drug-likeness (QED) is 0.616. The van der Waals surface area contributed by atoms with Crippen molar-refractivity contribution in [2.45, 2.75) is 66.3 Å². The number of nitrogens with zero attached hydrogens (tertiary/aromatic N) is 2. The molecule has 0 saturated carbocycles. The molecule has 7 heteroatoms. The summed E-state index contributed by atoms with van der Waals surface area (Å²) in [4.78, 5) is 31.0. The lowest BCUT2D eigenvalue weighted by atomic mass is 10.2. The van der Waals surface area contributed by atoms with Crippen LogP contribution in [0, 0.1) is 6.92 Å². The first-order valence-corrected chi connectivity index (χ1v) is 10.2. The van der Waals surface area contributed by atoms with Crippen molar-refractivity contribution in [1.29, 1.82) is 0 Å². The minimum atomic E-state index is -0.846. The summed E-state index contributed by atoms with van der Waals surface area (Å²) >= 11 is 1.58. The minimum absolute atomic E-state index is 0.0339. The van der Waals surface area contributed by atoms with Crippen LogP contribution in [0.4, 0.5) is 0 Å². The van der Waals surface area contributed by atoms with Gasteiger partial charge in [-0.3, -0.25) is 4.79 Å². The molecule has 0 N–H and O–H groups in total. The van der Waals surface area contributed by atoms with Gasteiger partial charge in [-0.15, -0.1) is 11.3 Å². The first kappa shape index (κ1) is 21.9. The van der Waals surface area contributed by atoms with Crippen LogP contribution in [0.15, 0.2) is 29.6 Å². The first-order valence-electron chi connectivity index (χ1n) is 9.36. The highest BCUT2D eigenvalue weighted by atomic mass is 32.1. The molecule has 1 aromatic heterocycles. The predicted molar refractivity (Wildman–Crippen MR) is 110 cm³/mol. The Labute approximate surface area is 170 Å². The molecule has 0 fully saturated rings. The third-order valence-electron chi connectivity index (χ3n) is 4.14. The molecule has 28 heavy (non-hydrogen) atoms. The van der Waals surface area contributed by atoms with Gasteiger partial charge in [0.25, 0.3) is 5.91 Å². The lowest BCUT2D eigenvalue weighted by Crippen LogP contribution is -2.47. The zero-order valence-electron chi connectivity index (χ0n) is 17.3. The van der Waals surface area contributed by atoms with Gasteiger partial charge in [-0.25, -0.2) is 9.78 Å². The number of hydrogen-bond acceptors (Lipinski definition) is 6. The monoisotopic (exact) mass is 404 g/mol. The molecular formula is C21H28N2O4S. The van der Waals surface area contributed by atoms with Crippen LogP contribution in [0.2, 0.25) is 0 Å². The van der Waals surface area contributed by atoms with Crippen molar-refractivity contribution in [3.8, 4) is 5.75 Å². The first-order chi connectivity index (χ1) is 13.2. The number of benzene rings is 1.